The second-order valence-corrected chi connectivity index (χ2v) is 0.224. The van der Waals surface area contributed by atoms with Crippen LogP contribution in [0.3, 0.4) is 0 Å². The van der Waals surface area contributed by atoms with Gasteiger partial charge < -0.3 is 27.7 Å². The van der Waals surface area contributed by atoms with E-state index in [0.29, 0.717) is 0 Å². The van der Waals surface area contributed by atoms with Gasteiger partial charge in [-0.05, 0) is 0 Å². The van der Waals surface area contributed by atoms with Crippen molar-refractivity contribution in [3.05, 3.63) is 15.3 Å². The van der Waals surface area contributed by atoms with Crippen LogP contribution in [0.2, 0.25) is 0 Å². The van der Waals surface area contributed by atoms with Gasteiger partial charge in [0.15, 0.2) is 0 Å². The molecule has 0 bridgehead atoms. The first-order chi connectivity index (χ1) is 1.73. The fourth-order valence-electron chi connectivity index (χ4n) is 0. The standard InChI is InChI=1S/Ca.ClH.NO3.Na/c;;2-1(3)4;/h;1H;;/q+2;;-1;+1/p-1. The molecule has 0 aromatic rings. The van der Waals surface area contributed by atoms with E-state index in [2.05, 4.69) is 0 Å². The maximum atomic E-state index is 8.25. The van der Waals surface area contributed by atoms with Gasteiger partial charge in [0.1, 0.15) is 0 Å². The van der Waals surface area contributed by atoms with E-state index in [-0.39, 0.29) is 79.7 Å². The van der Waals surface area contributed by atoms with Crippen LogP contribution in [0, 0.1) is 15.3 Å². The fraction of sp³-hybridized carbons (Fsp3) is 0. The topological polar surface area (TPSA) is 66.2 Å². The zero-order chi connectivity index (χ0) is 3.58. The molecule has 32 valence electrons. The molecule has 0 atom stereocenters. The number of halogens is 1. The molecule has 0 radical (unpaired) electrons. The number of nitrogens with zero attached hydrogens (tertiary/aromatic N) is 1. The Morgan fingerprint density at radius 1 is 1.29 bits per heavy atom. The molecule has 7 heteroatoms. The van der Waals surface area contributed by atoms with Crippen molar-refractivity contribution < 1.29 is 47.1 Å². The summed E-state index contributed by atoms with van der Waals surface area (Å²) >= 11 is 0. The van der Waals surface area contributed by atoms with Gasteiger partial charge in [0.2, 0.25) is 0 Å². The minimum Gasteiger partial charge on any atom is -1.00 e. The number of hydrogen-bond donors (Lipinski definition) is 0. The van der Waals surface area contributed by atoms with Crippen molar-refractivity contribution in [1.29, 1.82) is 0 Å². The first-order valence-electron chi connectivity index (χ1n) is 0.548. The van der Waals surface area contributed by atoms with Gasteiger partial charge in [-0.25, -0.2) is 0 Å². The van der Waals surface area contributed by atoms with Crippen molar-refractivity contribution in [1.82, 2.24) is 0 Å². The van der Waals surface area contributed by atoms with E-state index in [1.54, 1.807) is 0 Å². The average Bonchev–Trinajstić information content (AvgIpc) is 0.811. The quantitative estimate of drug-likeness (QED) is 0.201. The third-order valence-electron chi connectivity index (χ3n) is 0. The Bertz CT molecular complexity index is 37.9. The fourth-order valence-corrected chi connectivity index (χ4v) is 0. The van der Waals surface area contributed by atoms with Crippen LogP contribution in [0.1, 0.15) is 0 Å². The molecule has 0 amide bonds. The Labute approximate surface area is 98.5 Å². The van der Waals surface area contributed by atoms with Crippen LogP contribution >= 0.6 is 0 Å². The first-order valence-corrected chi connectivity index (χ1v) is 0.548. The van der Waals surface area contributed by atoms with Crippen LogP contribution in [0.15, 0.2) is 0 Å². The minimum absolute atomic E-state index is 0. The van der Waals surface area contributed by atoms with Gasteiger partial charge in [-0.15, -0.1) is 0 Å². The van der Waals surface area contributed by atoms with Crippen LogP contribution in [-0.4, -0.2) is 42.8 Å². The van der Waals surface area contributed by atoms with E-state index in [9.17, 15) is 0 Å². The molecule has 0 fully saturated rings. The molecule has 0 aliphatic heterocycles. The summed E-state index contributed by atoms with van der Waals surface area (Å²) in [5.74, 6) is 0. The van der Waals surface area contributed by atoms with Gasteiger partial charge in [0.25, 0.3) is 0 Å². The molecular weight excluding hydrogens is 161 g/mol. The van der Waals surface area contributed by atoms with Gasteiger partial charge in [-0.2, -0.15) is 0 Å². The maximum absolute atomic E-state index is 8.25. The number of rotatable bonds is 0. The molecule has 0 saturated heterocycles. The molecule has 0 N–H and O–H groups in total. The van der Waals surface area contributed by atoms with Gasteiger partial charge in [-0.3, -0.25) is 0 Å². The van der Waals surface area contributed by atoms with Crippen molar-refractivity contribution in [2.45, 2.75) is 0 Å². The summed E-state index contributed by atoms with van der Waals surface area (Å²) in [6, 6.07) is 0. The molecule has 0 rings (SSSR count). The Morgan fingerprint density at radius 3 is 1.29 bits per heavy atom. The predicted molar refractivity (Wildman–Crippen MR) is 16.1 cm³/mol. The Kier molecular flexibility index (Phi) is 52.1. The van der Waals surface area contributed by atoms with Crippen LogP contribution in [0.5, 0.6) is 0 Å². The molecule has 0 heterocycles. The molecule has 0 aliphatic carbocycles. The van der Waals surface area contributed by atoms with Crippen molar-refractivity contribution in [2.24, 2.45) is 0 Å². The number of hydrogen-bond acceptors (Lipinski definition) is 3. The second-order valence-electron chi connectivity index (χ2n) is 0.224. The summed E-state index contributed by atoms with van der Waals surface area (Å²) in [5.41, 5.74) is 0. The van der Waals surface area contributed by atoms with E-state index in [1.807, 2.05) is 0 Å². The van der Waals surface area contributed by atoms with Crippen LogP contribution in [0.25, 0.3) is 0 Å². The van der Waals surface area contributed by atoms with Crippen LogP contribution < -0.4 is 42.0 Å². The van der Waals surface area contributed by atoms with Gasteiger partial charge >= 0.3 is 67.3 Å². The molecule has 7 heavy (non-hydrogen) atoms. The van der Waals surface area contributed by atoms with E-state index in [4.69, 9.17) is 15.3 Å². The molecule has 0 aliphatic rings. The average molecular weight is 161 g/mol. The second kappa shape index (κ2) is 15.7. The molecule has 0 aromatic carbocycles. The minimum atomic E-state index is -1.75. The van der Waals surface area contributed by atoms with Crippen LogP contribution in [-0.2, 0) is 0 Å². The molecule has 0 unspecified atom stereocenters. The molecular formula is CaClNNaO3+. The van der Waals surface area contributed by atoms with E-state index in [1.165, 1.54) is 0 Å². The van der Waals surface area contributed by atoms with Gasteiger partial charge in [-0.1, -0.05) is 0 Å². The van der Waals surface area contributed by atoms with E-state index in [0.717, 1.165) is 0 Å². The largest absolute Gasteiger partial charge is 2.00 e. The molecule has 4 nitrogen and oxygen atoms in total. The summed E-state index contributed by atoms with van der Waals surface area (Å²) in [7, 11) is 0. The zero-order valence-electron chi connectivity index (χ0n) is 3.76. The smallest absolute Gasteiger partial charge is 1.00 e. The Morgan fingerprint density at radius 2 is 1.29 bits per heavy atom. The third kappa shape index (κ3) is 83.7. The molecule has 0 saturated carbocycles. The van der Waals surface area contributed by atoms with Gasteiger partial charge in [0.05, 0.1) is 5.09 Å². The maximum Gasteiger partial charge on any atom is 2.00 e. The summed E-state index contributed by atoms with van der Waals surface area (Å²) in [6.07, 6.45) is 0. The zero-order valence-corrected chi connectivity index (χ0v) is 8.72. The van der Waals surface area contributed by atoms with Crippen molar-refractivity contribution in [3.8, 4) is 0 Å². The van der Waals surface area contributed by atoms with Crippen molar-refractivity contribution >= 4 is 37.7 Å². The first kappa shape index (κ1) is 23.3. The summed E-state index contributed by atoms with van der Waals surface area (Å²) in [5, 5.41) is 14.8. The Balaban J connectivity index is -0.0000000150. The third-order valence-corrected chi connectivity index (χ3v) is 0. The van der Waals surface area contributed by atoms with Crippen LogP contribution in [0.4, 0.5) is 0 Å². The summed E-state index contributed by atoms with van der Waals surface area (Å²) < 4.78 is 0. The predicted octanol–water partition coefficient (Wildman–Crippen LogP) is -6.61. The van der Waals surface area contributed by atoms with Crippen molar-refractivity contribution in [2.75, 3.05) is 0 Å². The van der Waals surface area contributed by atoms with E-state index >= 15 is 0 Å². The Hall–Kier alpha value is 1.75. The van der Waals surface area contributed by atoms with Gasteiger partial charge in [0, 0.05) is 0 Å². The molecule has 0 aromatic heterocycles. The van der Waals surface area contributed by atoms with E-state index < -0.39 is 5.09 Å². The normalized spacial score (nSPS) is 3.43. The molecule has 0 spiro atoms. The summed E-state index contributed by atoms with van der Waals surface area (Å²) in [6.45, 7) is 0. The summed E-state index contributed by atoms with van der Waals surface area (Å²) in [4.78, 5) is 8.25. The monoisotopic (exact) mass is 160 g/mol. The SMILES string of the molecule is O=[N+]([O-])[O-].[Ca+2].[Cl-].[Na+]. The van der Waals surface area contributed by atoms with Crippen molar-refractivity contribution in [3.63, 3.8) is 0 Å².